The van der Waals surface area contributed by atoms with Crippen molar-refractivity contribution in [2.24, 2.45) is 16.7 Å². The second-order valence-electron chi connectivity index (χ2n) is 6.32. The van der Waals surface area contributed by atoms with Gasteiger partial charge in [-0.15, -0.1) is 0 Å². The molecule has 3 fully saturated rings. The molecule has 2 atom stereocenters. The van der Waals surface area contributed by atoms with Gasteiger partial charge in [0.15, 0.2) is 0 Å². The molecular formula is C14H24. The van der Waals surface area contributed by atoms with E-state index in [-0.39, 0.29) is 0 Å². The predicted molar refractivity (Wildman–Crippen MR) is 60.2 cm³/mol. The molecule has 0 saturated heterocycles. The van der Waals surface area contributed by atoms with Gasteiger partial charge in [0.05, 0.1) is 0 Å². The maximum atomic E-state index is 2.55. The normalized spacial score (nSPS) is 45.6. The minimum atomic E-state index is 0.847. The zero-order valence-corrected chi connectivity index (χ0v) is 9.65. The quantitative estimate of drug-likeness (QED) is 0.528. The van der Waals surface area contributed by atoms with Crippen LogP contribution in [0.15, 0.2) is 0 Å². The predicted octanol–water partition coefficient (Wildman–Crippen LogP) is 4.54. The lowest BCUT2D eigenvalue weighted by Crippen LogP contribution is -2.19. The van der Waals surface area contributed by atoms with Crippen LogP contribution < -0.4 is 0 Å². The molecule has 80 valence electrons. The molecule has 0 aliphatic heterocycles. The summed E-state index contributed by atoms with van der Waals surface area (Å²) < 4.78 is 0. The van der Waals surface area contributed by atoms with Gasteiger partial charge < -0.3 is 0 Å². The number of rotatable bonds is 0. The first kappa shape index (κ1) is 9.24. The average molecular weight is 192 g/mol. The monoisotopic (exact) mass is 192 g/mol. The molecule has 0 aromatic rings. The summed E-state index contributed by atoms with van der Waals surface area (Å²) in [7, 11) is 0. The topological polar surface area (TPSA) is 0 Å². The van der Waals surface area contributed by atoms with Crippen LogP contribution in [0.5, 0.6) is 0 Å². The molecule has 2 unspecified atom stereocenters. The summed E-state index contributed by atoms with van der Waals surface area (Å²) in [6, 6.07) is 0. The number of hydrogen-bond acceptors (Lipinski definition) is 0. The lowest BCUT2D eigenvalue weighted by atomic mass is 9.78. The molecule has 3 aliphatic rings. The summed E-state index contributed by atoms with van der Waals surface area (Å²) in [4.78, 5) is 0. The Morgan fingerprint density at radius 3 is 2.36 bits per heavy atom. The van der Waals surface area contributed by atoms with Gasteiger partial charge in [-0.05, 0) is 42.4 Å². The van der Waals surface area contributed by atoms with E-state index in [1.54, 1.807) is 25.7 Å². The molecule has 0 radical (unpaired) electrons. The van der Waals surface area contributed by atoms with E-state index in [0.717, 1.165) is 16.7 Å². The van der Waals surface area contributed by atoms with Gasteiger partial charge >= 0.3 is 0 Å². The highest BCUT2D eigenvalue weighted by Crippen LogP contribution is 2.77. The van der Waals surface area contributed by atoms with Crippen LogP contribution in [0.25, 0.3) is 0 Å². The highest BCUT2D eigenvalue weighted by Gasteiger charge is 2.68. The second-order valence-corrected chi connectivity index (χ2v) is 6.32. The van der Waals surface area contributed by atoms with E-state index in [4.69, 9.17) is 0 Å². The standard InChI is InChI=1S/C14H24/c1-12-7-3-2-4-10-14(12)11-13(14)8-5-6-9-13/h12H,2-11H2,1H3. The molecule has 2 spiro atoms. The molecule has 0 aromatic carbocycles. The van der Waals surface area contributed by atoms with E-state index in [0.29, 0.717) is 0 Å². The van der Waals surface area contributed by atoms with Crippen molar-refractivity contribution >= 4 is 0 Å². The van der Waals surface area contributed by atoms with Crippen LogP contribution in [0.3, 0.4) is 0 Å². The second kappa shape index (κ2) is 3.00. The summed E-state index contributed by atoms with van der Waals surface area (Å²) in [5, 5.41) is 0. The van der Waals surface area contributed by atoms with Gasteiger partial charge in [-0.2, -0.15) is 0 Å². The molecule has 0 N–H and O–H groups in total. The molecule has 14 heavy (non-hydrogen) atoms. The molecule has 3 aliphatic carbocycles. The Balaban J connectivity index is 1.82. The molecule has 0 bridgehead atoms. The van der Waals surface area contributed by atoms with Crippen LogP contribution >= 0.6 is 0 Å². The fraction of sp³-hybridized carbons (Fsp3) is 1.00. The summed E-state index contributed by atoms with van der Waals surface area (Å²) in [5.74, 6) is 1.04. The van der Waals surface area contributed by atoms with E-state index in [1.807, 2.05) is 0 Å². The van der Waals surface area contributed by atoms with Crippen LogP contribution in [0.1, 0.15) is 71.1 Å². The van der Waals surface area contributed by atoms with Crippen LogP contribution in [0.2, 0.25) is 0 Å². The van der Waals surface area contributed by atoms with E-state index < -0.39 is 0 Å². The third-order valence-corrected chi connectivity index (χ3v) is 5.85. The van der Waals surface area contributed by atoms with E-state index >= 15 is 0 Å². The van der Waals surface area contributed by atoms with Crippen LogP contribution in [-0.2, 0) is 0 Å². The highest BCUT2D eigenvalue weighted by molar-refractivity contribution is 5.17. The maximum absolute atomic E-state index is 2.55. The molecule has 0 heterocycles. The van der Waals surface area contributed by atoms with Gasteiger partial charge in [-0.3, -0.25) is 0 Å². The molecule has 0 amide bonds. The van der Waals surface area contributed by atoms with Gasteiger partial charge in [0.2, 0.25) is 0 Å². The number of hydrogen-bond donors (Lipinski definition) is 0. The molecule has 3 saturated carbocycles. The largest absolute Gasteiger partial charge is 0.0620 e. The smallest absolute Gasteiger partial charge is 0.0210 e. The van der Waals surface area contributed by atoms with E-state index in [9.17, 15) is 0 Å². The Morgan fingerprint density at radius 1 is 0.857 bits per heavy atom. The fourth-order valence-corrected chi connectivity index (χ4v) is 4.93. The third kappa shape index (κ3) is 1.06. The van der Waals surface area contributed by atoms with Crippen molar-refractivity contribution in [3.05, 3.63) is 0 Å². The molecule has 0 heteroatoms. The van der Waals surface area contributed by atoms with Gasteiger partial charge in [0, 0.05) is 0 Å². The molecule has 0 aromatic heterocycles. The van der Waals surface area contributed by atoms with Gasteiger partial charge in [-0.1, -0.05) is 45.4 Å². The highest BCUT2D eigenvalue weighted by atomic mass is 14.7. The zero-order valence-electron chi connectivity index (χ0n) is 9.65. The SMILES string of the molecule is CC1CCCCCC12CC21CCCC1. The molecular weight excluding hydrogens is 168 g/mol. The third-order valence-electron chi connectivity index (χ3n) is 5.85. The van der Waals surface area contributed by atoms with Crippen molar-refractivity contribution in [2.75, 3.05) is 0 Å². The summed E-state index contributed by atoms with van der Waals surface area (Å²) in [5.41, 5.74) is 1.72. The Labute approximate surface area is 88.5 Å². The van der Waals surface area contributed by atoms with Gasteiger partial charge in [0.25, 0.3) is 0 Å². The number of fused-ring (bicyclic) bond motifs is 1. The first-order chi connectivity index (χ1) is 6.79. The van der Waals surface area contributed by atoms with E-state index in [1.165, 1.54) is 38.5 Å². The van der Waals surface area contributed by atoms with Gasteiger partial charge in [-0.25, -0.2) is 0 Å². The first-order valence-electron chi connectivity index (χ1n) is 6.79. The van der Waals surface area contributed by atoms with Crippen LogP contribution in [-0.4, -0.2) is 0 Å². The fourth-order valence-electron chi connectivity index (χ4n) is 4.93. The Kier molecular flexibility index (Phi) is 1.98. The maximum Gasteiger partial charge on any atom is -0.0210 e. The summed E-state index contributed by atoms with van der Waals surface area (Å²) in [6.45, 7) is 2.55. The van der Waals surface area contributed by atoms with Crippen LogP contribution in [0, 0.1) is 16.7 Å². The lowest BCUT2D eigenvalue weighted by molar-refractivity contribution is 0.223. The molecule has 0 nitrogen and oxygen atoms in total. The van der Waals surface area contributed by atoms with Crippen molar-refractivity contribution in [1.82, 2.24) is 0 Å². The Morgan fingerprint density at radius 2 is 1.57 bits per heavy atom. The van der Waals surface area contributed by atoms with Crippen LogP contribution in [0.4, 0.5) is 0 Å². The summed E-state index contributed by atoms with van der Waals surface area (Å²) in [6.07, 6.45) is 15.5. The van der Waals surface area contributed by atoms with Crippen molar-refractivity contribution in [2.45, 2.75) is 71.1 Å². The van der Waals surface area contributed by atoms with Gasteiger partial charge in [0.1, 0.15) is 0 Å². The minimum absolute atomic E-state index is 0.847. The average Bonchev–Trinajstić information content (AvgIpc) is 2.62. The van der Waals surface area contributed by atoms with Crippen molar-refractivity contribution in [3.63, 3.8) is 0 Å². The van der Waals surface area contributed by atoms with Crippen molar-refractivity contribution in [3.8, 4) is 0 Å². The van der Waals surface area contributed by atoms with Crippen molar-refractivity contribution < 1.29 is 0 Å². The molecule has 3 rings (SSSR count). The zero-order chi connectivity index (χ0) is 9.65. The Bertz CT molecular complexity index is 220. The summed E-state index contributed by atoms with van der Waals surface area (Å²) >= 11 is 0. The van der Waals surface area contributed by atoms with E-state index in [2.05, 4.69) is 6.92 Å². The lowest BCUT2D eigenvalue weighted by Gasteiger charge is -2.27. The first-order valence-corrected chi connectivity index (χ1v) is 6.79. The van der Waals surface area contributed by atoms with Crippen molar-refractivity contribution in [1.29, 1.82) is 0 Å². The minimum Gasteiger partial charge on any atom is -0.0620 e. The Hall–Kier alpha value is 0.